The highest BCUT2D eigenvalue weighted by Gasteiger charge is 2.23. The van der Waals surface area contributed by atoms with Crippen molar-refractivity contribution in [3.05, 3.63) is 48.5 Å². The number of benzene rings is 2. The zero-order valence-corrected chi connectivity index (χ0v) is 24.3. The Morgan fingerprint density at radius 1 is 0.656 bits per heavy atom. The Morgan fingerprint density at radius 2 is 0.969 bits per heavy atom. The molecule has 0 radical (unpaired) electrons. The molecule has 2 aromatic rings. The maximum absolute atomic E-state index is 12.1. The second-order valence-corrected chi connectivity index (χ2v) is 24.3. The summed E-state index contributed by atoms with van der Waals surface area (Å²) in [5, 5.41) is 7.49. The SMILES string of the molecule is CC(C)(C)NS(=O)(=O)c1ccc([Si](C)(C)C)cc1.C[Si](C)(C)c1ccc(S(N)(=O)=O)cc1. The minimum Gasteiger partial charge on any atom is -0.225 e. The second kappa shape index (κ2) is 9.90. The van der Waals surface area contributed by atoms with Gasteiger partial charge in [-0.2, -0.15) is 0 Å². The number of nitrogens with one attached hydrogen (secondary N) is 1. The molecule has 0 aliphatic heterocycles. The van der Waals surface area contributed by atoms with Gasteiger partial charge in [-0.1, -0.05) is 73.9 Å². The predicted molar refractivity (Wildman–Crippen MR) is 140 cm³/mol. The fraction of sp³-hybridized carbons (Fsp3) is 0.455. The van der Waals surface area contributed by atoms with Crippen LogP contribution in [-0.2, 0) is 20.0 Å². The van der Waals surface area contributed by atoms with Crippen molar-refractivity contribution in [2.24, 2.45) is 5.14 Å². The van der Waals surface area contributed by atoms with Crippen molar-refractivity contribution in [3.8, 4) is 0 Å². The van der Waals surface area contributed by atoms with Gasteiger partial charge in [0.1, 0.15) is 0 Å². The van der Waals surface area contributed by atoms with Gasteiger partial charge in [0.15, 0.2) is 0 Å². The smallest absolute Gasteiger partial charge is 0.225 e. The molecule has 0 saturated carbocycles. The first-order valence-corrected chi connectivity index (χ1v) is 20.4. The highest BCUT2D eigenvalue weighted by Crippen LogP contribution is 2.13. The van der Waals surface area contributed by atoms with Crippen LogP contribution in [0, 0.1) is 0 Å². The molecule has 2 aromatic carbocycles. The normalized spacial score (nSPS) is 13.3. The van der Waals surface area contributed by atoms with Gasteiger partial charge in [-0.05, 0) is 45.0 Å². The van der Waals surface area contributed by atoms with Crippen LogP contribution in [-0.4, -0.2) is 38.5 Å². The standard InChI is InChI=1S/C13H23NO2SSi.C9H15NO2SSi/c1-13(2,3)14-17(15,16)11-7-9-12(10-8-11)18(4,5)6;1-14(2,3)9-6-4-8(5-7-9)13(10,11)12/h7-10,14H,1-6H3;4-7H,1-3H3,(H2,10,11,12). The number of sulfonamides is 2. The molecule has 0 spiro atoms. The van der Waals surface area contributed by atoms with Crippen LogP contribution in [0.1, 0.15) is 20.8 Å². The van der Waals surface area contributed by atoms with Crippen molar-refractivity contribution in [3.63, 3.8) is 0 Å². The highest BCUT2D eigenvalue weighted by atomic mass is 32.2. The van der Waals surface area contributed by atoms with Crippen molar-refractivity contribution in [1.82, 2.24) is 4.72 Å². The van der Waals surface area contributed by atoms with Crippen molar-refractivity contribution in [2.45, 2.75) is 75.4 Å². The zero-order chi connectivity index (χ0) is 25.2. The third kappa shape index (κ3) is 9.28. The van der Waals surface area contributed by atoms with Crippen LogP contribution in [0.15, 0.2) is 58.3 Å². The average molecular weight is 515 g/mol. The Labute approximate surface area is 196 Å². The Kier molecular flexibility index (Phi) is 8.89. The summed E-state index contributed by atoms with van der Waals surface area (Å²) in [5.41, 5.74) is -0.462. The van der Waals surface area contributed by atoms with Crippen LogP contribution in [0.2, 0.25) is 39.3 Å². The maximum Gasteiger partial charge on any atom is 0.241 e. The van der Waals surface area contributed by atoms with E-state index in [4.69, 9.17) is 5.14 Å². The van der Waals surface area contributed by atoms with E-state index >= 15 is 0 Å². The summed E-state index contributed by atoms with van der Waals surface area (Å²) >= 11 is 0. The summed E-state index contributed by atoms with van der Waals surface area (Å²) in [4.78, 5) is 0.513. The Morgan fingerprint density at radius 3 is 1.22 bits per heavy atom. The molecule has 0 heterocycles. The van der Waals surface area contributed by atoms with Gasteiger partial charge in [-0.3, -0.25) is 0 Å². The average Bonchev–Trinajstić information content (AvgIpc) is 2.58. The third-order valence-electron chi connectivity index (χ3n) is 4.52. The van der Waals surface area contributed by atoms with Crippen LogP contribution in [0.3, 0.4) is 0 Å². The molecule has 32 heavy (non-hydrogen) atoms. The number of primary sulfonamides is 1. The summed E-state index contributed by atoms with van der Waals surface area (Å²) in [7, 11) is -9.69. The summed E-state index contributed by atoms with van der Waals surface area (Å²) in [6.07, 6.45) is 0. The molecule has 0 aromatic heterocycles. The van der Waals surface area contributed by atoms with Crippen LogP contribution >= 0.6 is 0 Å². The lowest BCUT2D eigenvalue weighted by Crippen LogP contribution is -2.41. The number of hydrogen-bond acceptors (Lipinski definition) is 4. The molecule has 0 aliphatic carbocycles. The van der Waals surface area contributed by atoms with E-state index in [1.807, 2.05) is 45.0 Å². The summed E-state index contributed by atoms with van der Waals surface area (Å²) in [6.45, 7) is 18.8. The highest BCUT2D eigenvalue weighted by molar-refractivity contribution is 7.89. The van der Waals surface area contributed by atoms with Crippen molar-refractivity contribution >= 4 is 46.6 Å². The van der Waals surface area contributed by atoms with Gasteiger partial charge in [0, 0.05) is 5.54 Å². The molecule has 0 fully saturated rings. The summed E-state index contributed by atoms with van der Waals surface area (Å²) in [5.74, 6) is 0. The van der Waals surface area contributed by atoms with Crippen molar-refractivity contribution < 1.29 is 16.8 Å². The fourth-order valence-electron chi connectivity index (χ4n) is 2.74. The molecule has 0 amide bonds. The molecule has 3 N–H and O–H groups in total. The van der Waals surface area contributed by atoms with Crippen LogP contribution in [0.5, 0.6) is 0 Å². The minimum atomic E-state index is -3.55. The molecule has 10 heteroatoms. The van der Waals surface area contributed by atoms with Gasteiger partial charge in [0.2, 0.25) is 20.0 Å². The quantitative estimate of drug-likeness (QED) is 0.598. The van der Waals surface area contributed by atoms with E-state index < -0.39 is 41.7 Å². The first-order valence-electron chi connectivity index (χ1n) is 10.4. The van der Waals surface area contributed by atoms with Gasteiger partial charge in [-0.25, -0.2) is 26.7 Å². The van der Waals surface area contributed by atoms with E-state index in [9.17, 15) is 16.8 Å². The Balaban J connectivity index is 0.000000330. The van der Waals surface area contributed by atoms with Gasteiger partial charge in [-0.15, -0.1) is 0 Å². The van der Waals surface area contributed by atoms with Crippen LogP contribution in [0.4, 0.5) is 0 Å². The van der Waals surface area contributed by atoms with Crippen LogP contribution in [0.25, 0.3) is 0 Å². The molecule has 0 bridgehead atoms. The molecule has 0 saturated heterocycles. The van der Waals surface area contributed by atoms with Crippen molar-refractivity contribution in [2.75, 3.05) is 0 Å². The lowest BCUT2D eigenvalue weighted by Gasteiger charge is -2.21. The molecule has 0 atom stereocenters. The molecular formula is C22H38N2O4S2Si2. The van der Waals surface area contributed by atoms with E-state index in [2.05, 4.69) is 44.0 Å². The molecule has 6 nitrogen and oxygen atoms in total. The first-order chi connectivity index (χ1) is 14.1. The van der Waals surface area contributed by atoms with Gasteiger partial charge < -0.3 is 0 Å². The number of nitrogens with two attached hydrogens (primary N) is 1. The lowest BCUT2D eigenvalue weighted by molar-refractivity contribution is 0.491. The van der Waals surface area contributed by atoms with Crippen molar-refractivity contribution in [1.29, 1.82) is 0 Å². The van der Waals surface area contributed by atoms with E-state index in [1.165, 1.54) is 10.4 Å². The maximum atomic E-state index is 12.1. The van der Waals surface area contributed by atoms with E-state index in [0.29, 0.717) is 4.90 Å². The molecule has 2 rings (SSSR count). The topological polar surface area (TPSA) is 106 Å². The first kappa shape index (κ1) is 28.7. The lowest BCUT2D eigenvalue weighted by atomic mass is 10.1. The zero-order valence-electron chi connectivity index (χ0n) is 20.6. The molecule has 0 unspecified atom stereocenters. The number of hydrogen-bond donors (Lipinski definition) is 2. The predicted octanol–water partition coefficient (Wildman–Crippen LogP) is 3.19. The van der Waals surface area contributed by atoms with E-state index in [1.54, 1.807) is 24.3 Å². The largest absolute Gasteiger partial charge is 0.241 e. The van der Waals surface area contributed by atoms with E-state index in [-0.39, 0.29) is 4.90 Å². The molecular weight excluding hydrogens is 477 g/mol. The van der Waals surface area contributed by atoms with Gasteiger partial charge >= 0.3 is 0 Å². The van der Waals surface area contributed by atoms with Gasteiger partial charge in [0.05, 0.1) is 25.9 Å². The summed E-state index contributed by atoms with van der Waals surface area (Å²) in [6, 6.07) is 14.1. The third-order valence-corrected chi connectivity index (χ3v) is 11.4. The second-order valence-electron chi connectivity index (χ2n) is 10.9. The number of rotatable bonds is 5. The minimum absolute atomic E-state index is 0.180. The molecule has 180 valence electrons. The monoisotopic (exact) mass is 514 g/mol. The van der Waals surface area contributed by atoms with Crippen LogP contribution < -0.4 is 20.2 Å². The van der Waals surface area contributed by atoms with Gasteiger partial charge in [0.25, 0.3) is 0 Å². The fourth-order valence-corrected chi connectivity index (χ4v) is 7.01. The van der Waals surface area contributed by atoms with E-state index in [0.717, 1.165) is 0 Å². The summed E-state index contributed by atoms with van der Waals surface area (Å²) < 4.78 is 48.8. The Hall–Kier alpha value is -1.31. The Bertz CT molecular complexity index is 1110. The molecule has 0 aliphatic rings.